The third-order valence-corrected chi connectivity index (χ3v) is 3.80. The minimum Gasteiger partial charge on any atom is -0.298 e. The summed E-state index contributed by atoms with van der Waals surface area (Å²) in [5.41, 5.74) is -0.0827. The second-order valence-electron chi connectivity index (χ2n) is 4.13. The number of carbonyl (C=O) groups is 1. The molecule has 0 N–H and O–H groups in total. The molecule has 1 aliphatic heterocycles. The van der Waals surface area contributed by atoms with Crippen LogP contribution >= 0.6 is 11.8 Å². The van der Waals surface area contributed by atoms with Crippen molar-refractivity contribution in [2.24, 2.45) is 15.2 Å². The van der Waals surface area contributed by atoms with Gasteiger partial charge in [0.1, 0.15) is 6.34 Å². The molecule has 0 saturated carbocycles. The fraction of sp³-hybridized carbons (Fsp3) is 0.273. The zero-order valence-corrected chi connectivity index (χ0v) is 11.5. The standard InChI is InChI=1S/C11H7F3N4O3S/c12-10(13,14)5-22-9-3-8(2-1-7(9)4-19)11(18(20)21)15-6-16-17-11/h1-4,6H,5H2. The molecule has 0 radical (unpaired) electrons. The average molecular weight is 332 g/mol. The third kappa shape index (κ3) is 3.13. The van der Waals surface area contributed by atoms with E-state index in [-0.39, 0.29) is 16.0 Å². The molecule has 116 valence electrons. The predicted octanol–water partition coefficient (Wildman–Crippen LogP) is 3.03. The SMILES string of the molecule is O=Cc1ccc(C2([N+](=O)[O-])N=CN=N2)cc1SCC(F)(F)F. The van der Waals surface area contributed by atoms with Crippen LogP contribution in [0.2, 0.25) is 0 Å². The Kier molecular flexibility index (Phi) is 4.26. The number of nitro groups is 1. The van der Waals surface area contributed by atoms with Gasteiger partial charge in [-0.1, -0.05) is 5.11 Å². The number of azo groups is 1. The normalized spacial score (nSPS) is 20.3. The molecule has 1 aliphatic rings. The molecule has 2 rings (SSSR count). The minimum atomic E-state index is -4.44. The fourth-order valence-electron chi connectivity index (χ4n) is 1.68. The number of aliphatic imine (C=N–C) groups is 1. The minimum absolute atomic E-state index is 0.00425. The molecule has 7 nitrogen and oxygen atoms in total. The Labute approximate surface area is 125 Å². The van der Waals surface area contributed by atoms with Gasteiger partial charge in [-0.2, -0.15) is 18.2 Å². The van der Waals surface area contributed by atoms with Crippen molar-refractivity contribution in [3.8, 4) is 0 Å². The number of rotatable bonds is 5. The smallest absolute Gasteiger partial charge is 0.298 e. The molecule has 0 saturated heterocycles. The highest BCUT2D eigenvalue weighted by molar-refractivity contribution is 7.99. The lowest BCUT2D eigenvalue weighted by Gasteiger charge is -2.14. The Morgan fingerprint density at radius 3 is 2.64 bits per heavy atom. The largest absolute Gasteiger partial charge is 0.457 e. The van der Waals surface area contributed by atoms with Gasteiger partial charge in [-0.15, -0.1) is 16.9 Å². The molecule has 11 heteroatoms. The molecule has 1 aromatic rings. The summed E-state index contributed by atoms with van der Waals surface area (Å²) in [5, 5.41) is 17.9. The molecule has 0 fully saturated rings. The maximum atomic E-state index is 12.3. The zero-order chi connectivity index (χ0) is 16.4. The van der Waals surface area contributed by atoms with E-state index in [1.165, 1.54) is 12.1 Å². The Bertz CT molecular complexity index is 663. The molecular formula is C11H7F3N4O3S. The quantitative estimate of drug-likeness (QED) is 0.358. The van der Waals surface area contributed by atoms with Crippen molar-refractivity contribution >= 4 is 24.4 Å². The summed E-state index contributed by atoms with van der Waals surface area (Å²) >= 11 is 0.359. The van der Waals surface area contributed by atoms with Crippen molar-refractivity contribution in [2.75, 3.05) is 5.75 Å². The number of hydrogen-bond acceptors (Lipinski definition) is 7. The van der Waals surface area contributed by atoms with Crippen molar-refractivity contribution in [1.29, 1.82) is 0 Å². The van der Waals surface area contributed by atoms with Gasteiger partial charge >= 0.3 is 12.0 Å². The summed E-state index contributed by atoms with van der Waals surface area (Å²) in [6.45, 7) is 0. The number of aldehydes is 1. The first-order valence-corrected chi connectivity index (χ1v) is 6.66. The van der Waals surface area contributed by atoms with Crippen LogP contribution in [0.1, 0.15) is 15.9 Å². The van der Waals surface area contributed by atoms with Gasteiger partial charge in [-0.05, 0) is 18.2 Å². The number of carbonyl (C=O) groups excluding carboxylic acids is 1. The first-order valence-electron chi connectivity index (χ1n) is 5.68. The second kappa shape index (κ2) is 5.83. The van der Waals surface area contributed by atoms with Crippen molar-refractivity contribution in [1.82, 2.24) is 0 Å². The first kappa shape index (κ1) is 16.1. The summed E-state index contributed by atoms with van der Waals surface area (Å²) in [7, 11) is 0. The maximum absolute atomic E-state index is 12.3. The molecule has 1 unspecified atom stereocenters. The third-order valence-electron chi connectivity index (χ3n) is 2.66. The Hall–Kier alpha value is -2.30. The molecular weight excluding hydrogens is 325 g/mol. The van der Waals surface area contributed by atoms with Crippen LogP contribution in [0.5, 0.6) is 0 Å². The highest BCUT2D eigenvalue weighted by Crippen LogP contribution is 2.36. The van der Waals surface area contributed by atoms with Crippen LogP contribution in [0.4, 0.5) is 13.2 Å². The van der Waals surface area contributed by atoms with E-state index in [4.69, 9.17) is 0 Å². The van der Waals surface area contributed by atoms with Crippen molar-refractivity contribution in [3.05, 3.63) is 39.4 Å². The number of nitrogens with zero attached hydrogens (tertiary/aromatic N) is 4. The lowest BCUT2D eigenvalue weighted by molar-refractivity contribution is -0.575. The van der Waals surface area contributed by atoms with E-state index in [0.29, 0.717) is 18.0 Å². The summed E-state index contributed by atoms with van der Waals surface area (Å²) < 4.78 is 36.9. The summed E-state index contributed by atoms with van der Waals surface area (Å²) in [5.74, 6) is -3.44. The van der Waals surface area contributed by atoms with Crippen molar-refractivity contribution < 1.29 is 22.9 Å². The van der Waals surface area contributed by atoms with Gasteiger partial charge in [0, 0.05) is 10.5 Å². The van der Waals surface area contributed by atoms with Crippen molar-refractivity contribution in [2.45, 2.75) is 16.9 Å². The molecule has 1 heterocycles. The zero-order valence-electron chi connectivity index (χ0n) is 10.6. The highest BCUT2D eigenvalue weighted by Gasteiger charge is 2.47. The molecule has 0 amide bonds. The summed E-state index contributed by atoms with van der Waals surface area (Å²) in [4.78, 5) is 24.8. The van der Waals surface area contributed by atoms with Gasteiger partial charge in [-0.25, -0.2) is 0 Å². The van der Waals surface area contributed by atoms with Crippen LogP contribution in [0.25, 0.3) is 0 Å². The number of halogens is 3. The predicted molar refractivity (Wildman–Crippen MR) is 70.6 cm³/mol. The van der Waals surface area contributed by atoms with Crippen LogP contribution < -0.4 is 0 Å². The molecule has 0 bridgehead atoms. The van der Waals surface area contributed by atoms with Crippen LogP contribution in [0.15, 0.2) is 38.3 Å². The molecule has 0 aromatic heterocycles. The number of alkyl halides is 3. The van der Waals surface area contributed by atoms with E-state index >= 15 is 0 Å². The fourth-order valence-corrected chi connectivity index (χ4v) is 2.50. The molecule has 0 aliphatic carbocycles. The monoisotopic (exact) mass is 332 g/mol. The molecule has 22 heavy (non-hydrogen) atoms. The van der Waals surface area contributed by atoms with Gasteiger partial charge in [0.25, 0.3) is 0 Å². The van der Waals surface area contributed by atoms with E-state index < -0.39 is 22.6 Å². The van der Waals surface area contributed by atoms with Crippen LogP contribution in [-0.2, 0) is 5.79 Å². The lowest BCUT2D eigenvalue weighted by Crippen LogP contribution is -2.29. The van der Waals surface area contributed by atoms with Crippen LogP contribution in [0.3, 0.4) is 0 Å². The number of thioether (sulfide) groups is 1. The Balaban J connectivity index is 2.43. The van der Waals surface area contributed by atoms with Gasteiger partial charge < -0.3 is 0 Å². The van der Waals surface area contributed by atoms with E-state index in [2.05, 4.69) is 15.2 Å². The lowest BCUT2D eigenvalue weighted by atomic mass is 10.1. The van der Waals surface area contributed by atoms with Crippen molar-refractivity contribution in [3.63, 3.8) is 0 Å². The number of benzene rings is 1. The van der Waals surface area contributed by atoms with E-state index in [0.717, 1.165) is 12.4 Å². The maximum Gasteiger partial charge on any atom is 0.457 e. The number of hydrogen-bond donors (Lipinski definition) is 0. The van der Waals surface area contributed by atoms with Crippen LogP contribution in [0, 0.1) is 10.1 Å². The van der Waals surface area contributed by atoms with Gasteiger partial charge in [0.2, 0.25) is 0 Å². The molecule has 1 atom stereocenters. The van der Waals surface area contributed by atoms with E-state index in [1.807, 2.05) is 0 Å². The molecule has 0 spiro atoms. The summed E-state index contributed by atoms with van der Waals surface area (Å²) in [6, 6.07) is 3.51. The summed E-state index contributed by atoms with van der Waals surface area (Å²) in [6.07, 6.45) is -3.17. The van der Waals surface area contributed by atoms with Crippen LogP contribution in [-0.4, -0.2) is 29.5 Å². The van der Waals surface area contributed by atoms with E-state index in [1.54, 1.807) is 0 Å². The average Bonchev–Trinajstić information content (AvgIpc) is 2.95. The Morgan fingerprint density at radius 2 is 2.14 bits per heavy atom. The van der Waals surface area contributed by atoms with Gasteiger partial charge in [0.05, 0.1) is 16.2 Å². The van der Waals surface area contributed by atoms with Gasteiger partial charge in [-0.3, -0.25) is 14.9 Å². The Morgan fingerprint density at radius 1 is 1.41 bits per heavy atom. The first-order chi connectivity index (χ1) is 10.3. The second-order valence-corrected chi connectivity index (χ2v) is 5.14. The van der Waals surface area contributed by atoms with Gasteiger partial charge in [0.15, 0.2) is 6.29 Å². The van der Waals surface area contributed by atoms with E-state index in [9.17, 15) is 28.1 Å². The molecule has 1 aromatic carbocycles. The highest BCUT2D eigenvalue weighted by atomic mass is 32.2. The topological polar surface area (TPSA) is 97.3 Å².